The van der Waals surface area contributed by atoms with Crippen LogP contribution in [0.5, 0.6) is 5.75 Å². The summed E-state index contributed by atoms with van der Waals surface area (Å²) in [6.07, 6.45) is 0.533. The minimum Gasteiger partial charge on any atom is -0.490 e. The van der Waals surface area contributed by atoms with Crippen molar-refractivity contribution in [3.8, 4) is 5.75 Å². The molecule has 0 spiro atoms. The first-order valence-corrected chi connectivity index (χ1v) is 6.54. The van der Waals surface area contributed by atoms with Crippen molar-refractivity contribution in [2.75, 3.05) is 13.2 Å². The van der Waals surface area contributed by atoms with Gasteiger partial charge in [-0.2, -0.15) is 0 Å². The van der Waals surface area contributed by atoms with Crippen LogP contribution in [0.25, 0.3) is 0 Å². The number of ether oxygens (including phenoxy) is 1. The summed E-state index contributed by atoms with van der Waals surface area (Å²) in [4.78, 5) is 0. The lowest BCUT2D eigenvalue weighted by Crippen LogP contribution is -2.17. The summed E-state index contributed by atoms with van der Waals surface area (Å²) < 4.78 is 32.4. The molecule has 1 unspecified atom stereocenters. The summed E-state index contributed by atoms with van der Waals surface area (Å²) in [5.41, 5.74) is 6.26. The van der Waals surface area contributed by atoms with Crippen LogP contribution < -0.4 is 10.5 Å². The number of hydrogen-bond donors (Lipinski definition) is 1. The topological polar surface area (TPSA) is 35.2 Å². The Balaban J connectivity index is 1.95. The second-order valence-electron chi connectivity index (χ2n) is 4.52. The zero-order valence-corrected chi connectivity index (χ0v) is 11.1. The second kappa shape index (κ2) is 7.01. The SMILES string of the molecule is NCC(CCOc1ccccc1F)c1ccccc1F. The molecule has 2 N–H and O–H groups in total. The van der Waals surface area contributed by atoms with E-state index in [1.807, 2.05) is 0 Å². The number of hydrogen-bond acceptors (Lipinski definition) is 2. The average molecular weight is 277 g/mol. The van der Waals surface area contributed by atoms with Gasteiger partial charge in [-0.3, -0.25) is 0 Å². The van der Waals surface area contributed by atoms with Gasteiger partial charge >= 0.3 is 0 Å². The number of para-hydroxylation sites is 1. The van der Waals surface area contributed by atoms with E-state index in [0.29, 0.717) is 18.5 Å². The minimum atomic E-state index is -0.400. The summed E-state index contributed by atoms with van der Waals surface area (Å²) >= 11 is 0. The third-order valence-corrected chi connectivity index (χ3v) is 3.19. The van der Waals surface area contributed by atoms with Crippen molar-refractivity contribution in [3.63, 3.8) is 0 Å². The molecule has 2 rings (SSSR count). The van der Waals surface area contributed by atoms with Crippen LogP contribution in [0, 0.1) is 11.6 Å². The van der Waals surface area contributed by atoms with Gasteiger partial charge in [0.15, 0.2) is 11.6 Å². The Bertz CT molecular complexity index is 560. The molecular weight excluding hydrogens is 260 g/mol. The number of rotatable bonds is 6. The van der Waals surface area contributed by atoms with Crippen molar-refractivity contribution in [2.24, 2.45) is 5.73 Å². The van der Waals surface area contributed by atoms with Gasteiger partial charge in [-0.25, -0.2) is 8.78 Å². The Kier molecular flexibility index (Phi) is 5.07. The maximum absolute atomic E-state index is 13.7. The highest BCUT2D eigenvalue weighted by Gasteiger charge is 2.14. The Morgan fingerprint density at radius 3 is 2.25 bits per heavy atom. The van der Waals surface area contributed by atoms with E-state index in [1.54, 1.807) is 36.4 Å². The van der Waals surface area contributed by atoms with E-state index in [4.69, 9.17) is 10.5 Å². The van der Waals surface area contributed by atoms with Gasteiger partial charge in [0.05, 0.1) is 6.61 Å². The van der Waals surface area contributed by atoms with E-state index < -0.39 is 5.82 Å². The average Bonchev–Trinajstić information content (AvgIpc) is 2.46. The van der Waals surface area contributed by atoms with Gasteiger partial charge in [0.1, 0.15) is 5.82 Å². The van der Waals surface area contributed by atoms with E-state index in [-0.39, 0.29) is 24.1 Å². The van der Waals surface area contributed by atoms with Crippen LogP contribution >= 0.6 is 0 Å². The van der Waals surface area contributed by atoms with Crippen LogP contribution in [-0.2, 0) is 0 Å². The maximum Gasteiger partial charge on any atom is 0.165 e. The zero-order valence-electron chi connectivity index (χ0n) is 11.1. The molecule has 2 nitrogen and oxygen atoms in total. The fourth-order valence-corrected chi connectivity index (χ4v) is 2.08. The monoisotopic (exact) mass is 277 g/mol. The van der Waals surface area contributed by atoms with Crippen molar-refractivity contribution in [2.45, 2.75) is 12.3 Å². The summed E-state index contributed by atoms with van der Waals surface area (Å²) in [5.74, 6) is -0.601. The van der Waals surface area contributed by atoms with Crippen LogP contribution in [0.15, 0.2) is 48.5 Å². The predicted octanol–water partition coefficient (Wildman–Crippen LogP) is 3.48. The molecule has 0 radical (unpaired) electrons. The van der Waals surface area contributed by atoms with Crippen LogP contribution in [0.3, 0.4) is 0 Å². The van der Waals surface area contributed by atoms with E-state index in [9.17, 15) is 8.78 Å². The molecule has 0 heterocycles. The summed E-state index contributed by atoms with van der Waals surface area (Å²) in [5, 5.41) is 0. The first-order valence-electron chi connectivity index (χ1n) is 6.54. The Morgan fingerprint density at radius 2 is 1.60 bits per heavy atom. The summed E-state index contributed by atoms with van der Waals surface area (Å²) in [7, 11) is 0. The van der Waals surface area contributed by atoms with Crippen LogP contribution in [0.2, 0.25) is 0 Å². The van der Waals surface area contributed by atoms with E-state index in [1.165, 1.54) is 12.1 Å². The van der Waals surface area contributed by atoms with Crippen LogP contribution in [0.1, 0.15) is 17.9 Å². The maximum atomic E-state index is 13.7. The van der Waals surface area contributed by atoms with Crippen molar-refractivity contribution >= 4 is 0 Å². The standard InChI is InChI=1S/C16H17F2NO/c17-14-6-2-1-5-13(14)12(11-19)9-10-20-16-8-4-3-7-15(16)18/h1-8,12H,9-11,19H2. The summed E-state index contributed by atoms with van der Waals surface area (Å²) in [6, 6.07) is 12.8. The van der Waals surface area contributed by atoms with Gasteiger partial charge in [0.2, 0.25) is 0 Å². The third kappa shape index (κ3) is 3.54. The Hall–Kier alpha value is -1.94. The normalized spacial score (nSPS) is 12.2. The van der Waals surface area contributed by atoms with E-state index in [0.717, 1.165) is 0 Å². The molecule has 0 aliphatic heterocycles. The van der Waals surface area contributed by atoms with Crippen LogP contribution in [0.4, 0.5) is 8.78 Å². The van der Waals surface area contributed by atoms with E-state index >= 15 is 0 Å². The molecule has 0 saturated carbocycles. The minimum absolute atomic E-state index is 0.136. The first kappa shape index (κ1) is 14.5. The second-order valence-corrected chi connectivity index (χ2v) is 4.52. The van der Waals surface area contributed by atoms with Crippen molar-refractivity contribution in [3.05, 3.63) is 65.7 Å². The van der Waals surface area contributed by atoms with Gasteiger partial charge < -0.3 is 10.5 Å². The smallest absolute Gasteiger partial charge is 0.165 e. The lowest BCUT2D eigenvalue weighted by atomic mass is 9.96. The largest absolute Gasteiger partial charge is 0.490 e. The highest BCUT2D eigenvalue weighted by molar-refractivity contribution is 5.24. The fraction of sp³-hybridized carbons (Fsp3) is 0.250. The quantitative estimate of drug-likeness (QED) is 0.877. The first-order chi connectivity index (χ1) is 9.72. The molecule has 0 aliphatic carbocycles. The Morgan fingerprint density at radius 1 is 0.950 bits per heavy atom. The molecule has 20 heavy (non-hydrogen) atoms. The molecule has 4 heteroatoms. The molecule has 0 aromatic heterocycles. The van der Waals surface area contributed by atoms with Gasteiger partial charge in [-0.15, -0.1) is 0 Å². The van der Waals surface area contributed by atoms with Gasteiger partial charge in [0.25, 0.3) is 0 Å². The van der Waals surface area contributed by atoms with Gasteiger partial charge in [0, 0.05) is 5.92 Å². The third-order valence-electron chi connectivity index (χ3n) is 3.19. The zero-order chi connectivity index (χ0) is 14.4. The number of nitrogens with two attached hydrogens (primary N) is 1. The van der Waals surface area contributed by atoms with Crippen LogP contribution in [-0.4, -0.2) is 13.2 Å². The number of benzene rings is 2. The van der Waals surface area contributed by atoms with Crippen molar-refractivity contribution in [1.82, 2.24) is 0 Å². The molecule has 0 saturated heterocycles. The van der Waals surface area contributed by atoms with Crippen molar-refractivity contribution < 1.29 is 13.5 Å². The number of halogens is 2. The molecule has 106 valence electrons. The van der Waals surface area contributed by atoms with Gasteiger partial charge in [-0.05, 0) is 36.7 Å². The molecular formula is C16H17F2NO. The summed E-state index contributed by atoms with van der Waals surface area (Å²) in [6.45, 7) is 0.610. The molecule has 2 aromatic carbocycles. The highest BCUT2D eigenvalue weighted by atomic mass is 19.1. The fourth-order valence-electron chi connectivity index (χ4n) is 2.08. The molecule has 1 atom stereocenters. The molecule has 0 bridgehead atoms. The predicted molar refractivity (Wildman–Crippen MR) is 74.7 cm³/mol. The Labute approximate surface area is 117 Å². The van der Waals surface area contributed by atoms with E-state index in [2.05, 4.69) is 0 Å². The molecule has 0 fully saturated rings. The molecule has 2 aromatic rings. The van der Waals surface area contributed by atoms with Crippen molar-refractivity contribution in [1.29, 1.82) is 0 Å². The van der Waals surface area contributed by atoms with Gasteiger partial charge in [-0.1, -0.05) is 30.3 Å². The molecule has 0 amide bonds. The molecule has 0 aliphatic rings. The highest BCUT2D eigenvalue weighted by Crippen LogP contribution is 2.22. The lowest BCUT2D eigenvalue weighted by Gasteiger charge is -2.16. The lowest BCUT2D eigenvalue weighted by molar-refractivity contribution is 0.283.